The van der Waals surface area contributed by atoms with E-state index in [0.717, 1.165) is 6.20 Å². The zero-order valence-corrected chi connectivity index (χ0v) is 6.79. The molecule has 0 aliphatic rings. The van der Waals surface area contributed by atoms with Gasteiger partial charge in [0.1, 0.15) is 5.82 Å². The Morgan fingerprint density at radius 1 is 1.67 bits per heavy atom. The lowest BCUT2D eigenvalue weighted by Gasteiger charge is -2.03. The van der Waals surface area contributed by atoms with E-state index in [4.69, 9.17) is 5.26 Å². The van der Waals surface area contributed by atoms with Crippen LogP contribution in [-0.4, -0.2) is 4.98 Å². The third-order valence-corrected chi connectivity index (χ3v) is 1.67. The van der Waals surface area contributed by atoms with Crippen molar-refractivity contribution in [2.24, 2.45) is 0 Å². The summed E-state index contributed by atoms with van der Waals surface area (Å²) in [4.78, 5) is 3.82. The smallest absolute Gasteiger partial charge is 0.141 e. The summed E-state index contributed by atoms with van der Waals surface area (Å²) < 4.78 is 12.4. The molecular formula is C9H9FN2. The minimum absolute atomic E-state index is 0.217. The van der Waals surface area contributed by atoms with Gasteiger partial charge in [-0.1, -0.05) is 6.92 Å². The van der Waals surface area contributed by atoms with Crippen molar-refractivity contribution >= 4 is 0 Å². The summed E-state index contributed by atoms with van der Waals surface area (Å²) in [6.07, 6.45) is 1.84. The summed E-state index contributed by atoms with van der Waals surface area (Å²) in [6.45, 7) is 1.90. The van der Waals surface area contributed by atoms with Gasteiger partial charge in [-0.3, -0.25) is 4.98 Å². The molecule has 1 rings (SSSR count). The van der Waals surface area contributed by atoms with Crippen LogP contribution >= 0.6 is 0 Å². The zero-order valence-electron chi connectivity index (χ0n) is 6.79. The number of pyridine rings is 1. The lowest BCUT2D eigenvalue weighted by molar-refractivity contribution is 0.617. The molecule has 3 heteroatoms. The van der Waals surface area contributed by atoms with Crippen molar-refractivity contribution in [3.05, 3.63) is 29.8 Å². The largest absolute Gasteiger partial charge is 0.257 e. The predicted molar refractivity (Wildman–Crippen MR) is 42.8 cm³/mol. The number of halogens is 1. The van der Waals surface area contributed by atoms with E-state index in [1.807, 2.05) is 6.92 Å². The molecule has 1 unspecified atom stereocenters. The maximum atomic E-state index is 12.4. The second-order valence-corrected chi connectivity index (χ2v) is 2.49. The van der Waals surface area contributed by atoms with E-state index in [1.165, 1.54) is 6.07 Å². The van der Waals surface area contributed by atoms with Crippen LogP contribution in [-0.2, 0) is 0 Å². The number of nitrogens with zero attached hydrogens (tertiary/aromatic N) is 2. The van der Waals surface area contributed by atoms with Crippen LogP contribution in [0.1, 0.15) is 25.0 Å². The maximum absolute atomic E-state index is 12.4. The Labute approximate surface area is 70.7 Å². The van der Waals surface area contributed by atoms with Crippen LogP contribution in [0.5, 0.6) is 0 Å². The molecule has 1 aromatic heterocycles. The van der Waals surface area contributed by atoms with Gasteiger partial charge in [-0.25, -0.2) is 4.39 Å². The normalized spacial score (nSPS) is 12.1. The van der Waals surface area contributed by atoms with E-state index < -0.39 is 0 Å². The Morgan fingerprint density at radius 3 is 2.83 bits per heavy atom. The quantitative estimate of drug-likeness (QED) is 0.672. The molecule has 0 aliphatic heterocycles. The molecule has 0 spiro atoms. The van der Waals surface area contributed by atoms with Gasteiger partial charge >= 0.3 is 0 Å². The predicted octanol–water partition coefficient (Wildman–Crippen LogP) is 2.24. The molecule has 0 radical (unpaired) electrons. The highest BCUT2D eigenvalue weighted by molar-refractivity contribution is 5.16. The standard InChI is InChI=1S/C9H9FN2/c1-2-7(5-11)9-4-3-8(10)6-12-9/h3-4,6-7H,2H2,1H3. The van der Waals surface area contributed by atoms with Crippen molar-refractivity contribution in [1.82, 2.24) is 4.98 Å². The fourth-order valence-corrected chi connectivity index (χ4v) is 0.960. The molecule has 2 nitrogen and oxygen atoms in total. The molecule has 0 N–H and O–H groups in total. The van der Waals surface area contributed by atoms with Crippen molar-refractivity contribution in [2.45, 2.75) is 19.3 Å². The SMILES string of the molecule is CCC(C#N)c1ccc(F)cn1. The monoisotopic (exact) mass is 164 g/mol. The Morgan fingerprint density at radius 2 is 2.42 bits per heavy atom. The van der Waals surface area contributed by atoms with Crippen LogP contribution < -0.4 is 0 Å². The summed E-state index contributed by atoms with van der Waals surface area (Å²) in [5, 5.41) is 8.67. The molecule has 1 aromatic rings. The average Bonchev–Trinajstić information content (AvgIpc) is 2.10. The fraction of sp³-hybridized carbons (Fsp3) is 0.333. The number of aromatic nitrogens is 1. The zero-order chi connectivity index (χ0) is 8.97. The summed E-state index contributed by atoms with van der Waals surface area (Å²) in [7, 11) is 0. The van der Waals surface area contributed by atoms with Gasteiger partial charge in [0.05, 0.1) is 23.9 Å². The third-order valence-electron chi connectivity index (χ3n) is 1.67. The second kappa shape index (κ2) is 3.82. The average molecular weight is 164 g/mol. The molecule has 0 saturated heterocycles. The van der Waals surface area contributed by atoms with Crippen LogP contribution in [0, 0.1) is 17.1 Å². The summed E-state index contributed by atoms with van der Waals surface area (Å²) in [6, 6.07) is 4.97. The van der Waals surface area contributed by atoms with Gasteiger partial charge in [-0.15, -0.1) is 0 Å². The molecule has 1 atom stereocenters. The van der Waals surface area contributed by atoms with E-state index in [1.54, 1.807) is 6.07 Å². The second-order valence-electron chi connectivity index (χ2n) is 2.49. The van der Waals surface area contributed by atoms with E-state index in [9.17, 15) is 4.39 Å². The van der Waals surface area contributed by atoms with Gasteiger partial charge < -0.3 is 0 Å². The van der Waals surface area contributed by atoms with Crippen LogP contribution in [0.25, 0.3) is 0 Å². The van der Waals surface area contributed by atoms with E-state index in [2.05, 4.69) is 11.1 Å². The minimum Gasteiger partial charge on any atom is -0.257 e. The van der Waals surface area contributed by atoms with Crippen LogP contribution in [0.15, 0.2) is 18.3 Å². The third kappa shape index (κ3) is 1.79. The van der Waals surface area contributed by atoms with Crippen molar-refractivity contribution in [3.8, 4) is 6.07 Å². The molecule has 62 valence electrons. The molecule has 0 bridgehead atoms. The van der Waals surface area contributed by atoms with Gasteiger partial charge in [0, 0.05) is 0 Å². The van der Waals surface area contributed by atoms with Crippen molar-refractivity contribution in [1.29, 1.82) is 5.26 Å². The molecular weight excluding hydrogens is 155 g/mol. The molecule has 0 amide bonds. The first-order valence-corrected chi connectivity index (χ1v) is 3.79. The van der Waals surface area contributed by atoms with Crippen molar-refractivity contribution < 1.29 is 4.39 Å². The van der Waals surface area contributed by atoms with Gasteiger partial charge in [0.25, 0.3) is 0 Å². The molecule has 0 aliphatic carbocycles. The first-order valence-electron chi connectivity index (χ1n) is 3.79. The summed E-state index contributed by atoms with van der Waals surface area (Å²) in [5.41, 5.74) is 0.640. The number of hydrogen-bond donors (Lipinski definition) is 0. The Hall–Kier alpha value is -1.43. The summed E-state index contributed by atoms with van der Waals surface area (Å²) >= 11 is 0. The minimum atomic E-state index is -0.369. The first kappa shape index (κ1) is 8.66. The highest BCUT2D eigenvalue weighted by atomic mass is 19.1. The molecule has 0 saturated carbocycles. The van der Waals surface area contributed by atoms with E-state index >= 15 is 0 Å². The maximum Gasteiger partial charge on any atom is 0.141 e. The Bertz CT molecular complexity index is 286. The Balaban J connectivity index is 2.89. The van der Waals surface area contributed by atoms with Crippen LogP contribution in [0.3, 0.4) is 0 Å². The van der Waals surface area contributed by atoms with E-state index in [0.29, 0.717) is 12.1 Å². The summed E-state index contributed by atoms with van der Waals surface area (Å²) in [5.74, 6) is -0.586. The van der Waals surface area contributed by atoms with Gasteiger partial charge in [-0.05, 0) is 18.6 Å². The van der Waals surface area contributed by atoms with Gasteiger partial charge in [-0.2, -0.15) is 5.26 Å². The topological polar surface area (TPSA) is 36.7 Å². The number of hydrogen-bond acceptors (Lipinski definition) is 2. The highest BCUT2D eigenvalue weighted by Crippen LogP contribution is 2.15. The first-order chi connectivity index (χ1) is 5.77. The van der Waals surface area contributed by atoms with Crippen LogP contribution in [0.4, 0.5) is 4.39 Å². The van der Waals surface area contributed by atoms with Crippen molar-refractivity contribution in [3.63, 3.8) is 0 Å². The van der Waals surface area contributed by atoms with Crippen LogP contribution in [0.2, 0.25) is 0 Å². The lowest BCUT2D eigenvalue weighted by Crippen LogP contribution is -1.96. The fourth-order valence-electron chi connectivity index (χ4n) is 0.960. The Kier molecular flexibility index (Phi) is 2.76. The lowest BCUT2D eigenvalue weighted by atomic mass is 10.0. The molecule has 0 fully saturated rings. The number of rotatable bonds is 2. The van der Waals surface area contributed by atoms with E-state index in [-0.39, 0.29) is 11.7 Å². The number of nitriles is 1. The highest BCUT2D eigenvalue weighted by Gasteiger charge is 2.08. The molecule has 0 aromatic carbocycles. The molecule has 1 heterocycles. The van der Waals surface area contributed by atoms with Gasteiger partial charge in [0.15, 0.2) is 0 Å². The van der Waals surface area contributed by atoms with Gasteiger partial charge in [0.2, 0.25) is 0 Å². The van der Waals surface area contributed by atoms with Crippen molar-refractivity contribution in [2.75, 3.05) is 0 Å². The molecule has 12 heavy (non-hydrogen) atoms.